The Labute approximate surface area is 88.7 Å². The number of ether oxygens (including phenoxy) is 1. The van der Waals surface area contributed by atoms with Crippen LogP contribution in [0.4, 0.5) is 4.39 Å². The van der Waals surface area contributed by atoms with Gasteiger partial charge in [-0.15, -0.1) is 0 Å². The van der Waals surface area contributed by atoms with Gasteiger partial charge in [-0.25, -0.2) is 4.39 Å². The van der Waals surface area contributed by atoms with Gasteiger partial charge in [0.05, 0.1) is 7.11 Å². The van der Waals surface area contributed by atoms with Crippen LogP contribution in [-0.4, -0.2) is 18.8 Å². The van der Waals surface area contributed by atoms with Crippen molar-refractivity contribution >= 4 is 0 Å². The van der Waals surface area contributed by atoms with Gasteiger partial charge in [-0.05, 0) is 37.4 Å². The maximum atomic E-state index is 13.5. The summed E-state index contributed by atoms with van der Waals surface area (Å²) in [6.07, 6.45) is 2.26. The number of hydrogen-bond acceptors (Lipinski definition) is 3. The third-order valence-electron chi connectivity index (χ3n) is 2.28. The third-order valence-corrected chi connectivity index (χ3v) is 2.28. The largest absolute Gasteiger partial charge is 0.502 e. The van der Waals surface area contributed by atoms with Crippen molar-refractivity contribution in [1.82, 2.24) is 0 Å². The number of aryl methyl sites for hydroxylation is 1. The van der Waals surface area contributed by atoms with Crippen LogP contribution in [-0.2, 0) is 6.42 Å². The highest BCUT2D eigenvalue weighted by Gasteiger charge is 2.12. The Morgan fingerprint density at radius 1 is 1.40 bits per heavy atom. The summed E-state index contributed by atoms with van der Waals surface area (Å²) in [5, 5.41) is 9.41. The van der Waals surface area contributed by atoms with E-state index in [0.717, 1.165) is 12.8 Å². The fourth-order valence-electron chi connectivity index (χ4n) is 1.41. The molecule has 0 saturated heterocycles. The molecule has 84 valence electrons. The van der Waals surface area contributed by atoms with E-state index < -0.39 is 11.6 Å². The van der Waals surface area contributed by atoms with E-state index in [-0.39, 0.29) is 5.75 Å². The lowest BCUT2D eigenvalue weighted by molar-refractivity contribution is 0.355. The van der Waals surface area contributed by atoms with Crippen molar-refractivity contribution in [2.45, 2.75) is 19.3 Å². The molecule has 1 aromatic carbocycles. The topological polar surface area (TPSA) is 55.5 Å². The van der Waals surface area contributed by atoms with Gasteiger partial charge in [0.15, 0.2) is 17.3 Å². The highest BCUT2D eigenvalue weighted by Crippen LogP contribution is 2.31. The zero-order valence-corrected chi connectivity index (χ0v) is 8.79. The molecule has 3 nitrogen and oxygen atoms in total. The van der Waals surface area contributed by atoms with Crippen LogP contribution in [0.1, 0.15) is 18.4 Å². The second kappa shape index (κ2) is 5.56. The molecule has 1 aromatic rings. The molecule has 0 bridgehead atoms. The summed E-state index contributed by atoms with van der Waals surface area (Å²) in [7, 11) is 1.39. The zero-order chi connectivity index (χ0) is 11.3. The van der Waals surface area contributed by atoms with E-state index in [2.05, 4.69) is 0 Å². The van der Waals surface area contributed by atoms with Gasteiger partial charge in [-0.3, -0.25) is 0 Å². The number of phenols is 1. The molecule has 15 heavy (non-hydrogen) atoms. The summed E-state index contributed by atoms with van der Waals surface area (Å²) in [4.78, 5) is 0. The molecule has 4 heteroatoms. The van der Waals surface area contributed by atoms with E-state index in [9.17, 15) is 9.50 Å². The van der Waals surface area contributed by atoms with E-state index in [1.54, 1.807) is 12.1 Å². The molecule has 0 aromatic heterocycles. The lowest BCUT2D eigenvalue weighted by atomic mass is 10.1. The van der Waals surface area contributed by atoms with Crippen molar-refractivity contribution < 1.29 is 14.2 Å². The average molecular weight is 213 g/mol. The Kier molecular flexibility index (Phi) is 4.37. The Balaban J connectivity index is 2.77. The van der Waals surface area contributed by atoms with E-state index in [0.29, 0.717) is 18.5 Å². The molecule has 0 fully saturated rings. The first-order valence-electron chi connectivity index (χ1n) is 4.95. The number of rotatable bonds is 5. The van der Waals surface area contributed by atoms with Crippen LogP contribution in [0.25, 0.3) is 0 Å². The minimum absolute atomic E-state index is 0.162. The van der Waals surface area contributed by atoms with Gasteiger partial charge in [0.2, 0.25) is 0 Å². The van der Waals surface area contributed by atoms with Crippen LogP contribution < -0.4 is 10.5 Å². The van der Waals surface area contributed by atoms with E-state index in [1.165, 1.54) is 7.11 Å². The molecule has 0 aliphatic carbocycles. The van der Waals surface area contributed by atoms with Gasteiger partial charge in [0.1, 0.15) is 0 Å². The molecule has 0 radical (unpaired) electrons. The van der Waals surface area contributed by atoms with Crippen LogP contribution in [0.15, 0.2) is 12.1 Å². The van der Waals surface area contributed by atoms with Gasteiger partial charge in [0.25, 0.3) is 0 Å². The normalized spacial score (nSPS) is 10.3. The summed E-state index contributed by atoms with van der Waals surface area (Å²) in [6, 6.07) is 3.20. The Morgan fingerprint density at radius 2 is 2.13 bits per heavy atom. The average Bonchev–Trinajstić information content (AvgIpc) is 2.25. The predicted octanol–water partition coefficient (Wildman–Crippen LogP) is 1.82. The van der Waals surface area contributed by atoms with Crippen molar-refractivity contribution in [3.63, 3.8) is 0 Å². The molecule has 0 amide bonds. The van der Waals surface area contributed by atoms with Crippen molar-refractivity contribution in [3.05, 3.63) is 23.5 Å². The summed E-state index contributed by atoms with van der Waals surface area (Å²) in [5.74, 6) is -0.843. The molecular weight excluding hydrogens is 197 g/mol. The number of aromatic hydroxyl groups is 1. The molecule has 0 saturated carbocycles. The third kappa shape index (κ3) is 2.83. The van der Waals surface area contributed by atoms with Crippen molar-refractivity contribution in [2.75, 3.05) is 13.7 Å². The van der Waals surface area contributed by atoms with Crippen LogP contribution in [0.5, 0.6) is 11.5 Å². The Morgan fingerprint density at radius 3 is 2.73 bits per heavy atom. The molecular formula is C11H16FNO2. The number of unbranched alkanes of at least 4 members (excludes halogenated alkanes) is 1. The Hall–Kier alpha value is -1.29. The van der Waals surface area contributed by atoms with Crippen molar-refractivity contribution in [3.8, 4) is 11.5 Å². The SMILES string of the molecule is COc1ccc(CCCCN)c(F)c1O. The highest BCUT2D eigenvalue weighted by molar-refractivity contribution is 5.43. The summed E-state index contributed by atoms with van der Waals surface area (Å²) in [5.41, 5.74) is 5.84. The number of hydrogen-bond donors (Lipinski definition) is 2. The monoisotopic (exact) mass is 213 g/mol. The predicted molar refractivity (Wildman–Crippen MR) is 56.6 cm³/mol. The van der Waals surface area contributed by atoms with Crippen molar-refractivity contribution in [2.24, 2.45) is 5.73 Å². The highest BCUT2D eigenvalue weighted by atomic mass is 19.1. The summed E-state index contributed by atoms with van der Waals surface area (Å²) in [6.45, 7) is 0.601. The molecule has 0 heterocycles. The van der Waals surface area contributed by atoms with Crippen molar-refractivity contribution in [1.29, 1.82) is 0 Å². The molecule has 1 rings (SSSR count). The molecule has 3 N–H and O–H groups in total. The zero-order valence-electron chi connectivity index (χ0n) is 8.79. The molecule has 0 unspecified atom stereocenters. The molecule has 0 atom stereocenters. The van der Waals surface area contributed by atoms with Gasteiger partial charge < -0.3 is 15.6 Å². The summed E-state index contributed by atoms with van der Waals surface area (Å²) < 4.78 is 18.3. The van der Waals surface area contributed by atoms with Gasteiger partial charge >= 0.3 is 0 Å². The minimum atomic E-state index is -0.591. The smallest absolute Gasteiger partial charge is 0.194 e. The Bertz CT molecular complexity index is 329. The minimum Gasteiger partial charge on any atom is -0.502 e. The maximum Gasteiger partial charge on any atom is 0.194 e. The van der Waals surface area contributed by atoms with Crippen LogP contribution >= 0.6 is 0 Å². The van der Waals surface area contributed by atoms with E-state index in [4.69, 9.17) is 10.5 Å². The maximum absolute atomic E-state index is 13.5. The van der Waals surface area contributed by atoms with E-state index >= 15 is 0 Å². The van der Waals surface area contributed by atoms with Gasteiger partial charge in [0, 0.05) is 0 Å². The molecule has 0 aliphatic heterocycles. The molecule has 0 aliphatic rings. The number of nitrogens with two attached hydrogens (primary N) is 1. The number of methoxy groups -OCH3 is 1. The van der Waals surface area contributed by atoms with Gasteiger partial charge in [-0.2, -0.15) is 0 Å². The van der Waals surface area contributed by atoms with Crippen LogP contribution in [0, 0.1) is 5.82 Å². The second-order valence-corrected chi connectivity index (χ2v) is 3.34. The van der Waals surface area contributed by atoms with E-state index in [1.807, 2.05) is 0 Å². The fraction of sp³-hybridized carbons (Fsp3) is 0.455. The van der Waals surface area contributed by atoms with Crippen LogP contribution in [0.3, 0.4) is 0 Å². The standard InChI is InChI=1S/C11H16FNO2/c1-15-9-6-5-8(4-2-3-7-13)10(12)11(9)14/h5-6,14H,2-4,7,13H2,1H3. The molecule has 0 spiro atoms. The first kappa shape index (κ1) is 11.8. The van der Waals surface area contributed by atoms with Crippen LogP contribution in [0.2, 0.25) is 0 Å². The second-order valence-electron chi connectivity index (χ2n) is 3.34. The first-order valence-corrected chi connectivity index (χ1v) is 4.95. The fourth-order valence-corrected chi connectivity index (χ4v) is 1.41. The lowest BCUT2D eigenvalue weighted by Crippen LogP contribution is -2.00. The number of benzene rings is 1. The van der Waals surface area contributed by atoms with Gasteiger partial charge in [-0.1, -0.05) is 6.07 Å². The quantitative estimate of drug-likeness (QED) is 0.733. The number of phenolic OH excluding ortho intramolecular Hbond substituents is 1. The summed E-state index contributed by atoms with van der Waals surface area (Å²) >= 11 is 0. The number of halogens is 1. The lowest BCUT2D eigenvalue weighted by Gasteiger charge is -2.08. The first-order chi connectivity index (χ1) is 7.20.